The highest BCUT2D eigenvalue weighted by molar-refractivity contribution is 5.89. The van der Waals surface area contributed by atoms with Crippen LogP contribution < -0.4 is 5.32 Å². The molecule has 1 fully saturated rings. The third-order valence-corrected chi connectivity index (χ3v) is 6.25. The fourth-order valence-electron chi connectivity index (χ4n) is 4.53. The average Bonchev–Trinajstić information content (AvgIpc) is 2.79. The molecule has 3 aromatic carbocycles. The Morgan fingerprint density at radius 1 is 0.900 bits per heavy atom. The van der Waals surface area contributed by atoms with Gasteiger partial charge in [0.25, 0.3) is 0 Å². The van der Waals surface area contributed by atoms with Gasteiger partial charge in [0, 0.05) is 13.2 Å². The molecule has 4 rings (SSSR count). The van der Waals surface area contributed by atoms with Crippen LogP contribution in [-0.2, 0) is 14.9 Å². The lowest BCUT2D eigenvalue weighted by Crippen LogP contribution is -2.49. The molecule has 1 unspecified atom stereocenters. The first-order valence-corrected chi connectivity index (χ1v) is 10.7. The smallest absolute Gasteiger partial charge is 0.231 e. The lowest BCUT2D eigenvalue weighted by Gasteiger charge is -2.38. The lowest BCUT2D eigenvalue weighted by atomic mass is 9.73. The lowest BCUT2D eigenvalue weighted by molar-refractivity contribution is -0.131. The van der Waals surface area contributed by atoms with E-state index < -0.39 is 5.41 Å². The molecule has 0 spiro atoms. The SMILES string of the molecule is Cc1ccc(C(NC(=O)C2(c3ccccc3)CCOCC2)c2ccccc2)c(C)c1. The zero-order chi connectivity index (χ0) is 21.0. The van der Waals surface area contributed by atoms with Gasteiger partial charge in [-0.1, -0.05) is 84.4 Å². The third kappa shape index (κ3) is 4.03. The number of hydrogen-bond acceptors (Lipinski definition) is 2. The van der Waals surface area contributed by atoms with Gasteiger partial charge in [0.2, 0.25) is 5.91 Å². The molecule has 1 saturated heterocycles. The van der Waals surface area contributed by atoms with Gasteiger partial charge in [-0.05, 0) is 48.9 Å². The van der Waals surface area contributed by atoms with Crippen LogP contribution in [0.2, 0.25) is 0 Å². The van der Waals surface area contributed by atoms with E-state index in [-0.39, 0.29) is 11.9 Å². The molecule has 0 bridgehead atoms. The summed E-state index contributed by atoms with van der Waals surface area (Å²) in [4.78, 5) is 13.9. The van der Waals surface area contributed by atoms with Gasteiger partial charge in [-0.25, -0.2) is 0 Å². The Kier molecular flexibility index (Phi) is 6.01. The van der Waals surface area contributed by atoms with Gasteiger partial charge in [-0.15, -0.1) is 0 Å². The van der Waals surface area contributed by atoms with Crippen molar-refractivity contribution in [1.29, 1.82) is 0 Å². The van der Waals surface area contributed by atoms with Crippen LogP contribution in [0.3, 0.4) is 0 Å². The number of aryl methyl sites for hydroxylation is 2. The van der Waals surface area contributed by atoms with E-state index in [1.807, 2.05) is 36.4 Å². The molecule has 1 aliphatic heterocycles. The van der Waals surface area contributed by atoms with Crippen LogP contribution in [0.25, 0.3) is 0 Å². The van der Waals surface area contributed by atoms with Crippen molar-refractivity contribution in [2.75, 3.05) is 13.2 Å². The van der Waals surface area contributed by atoms with E-state index in [0.29, 0.717) is 26.1 Å². The van der Waals surface area contributed by atoms with Crippen LogP contribution in [0.5, 0.6) is 0 Å². The second-order valence-corrected chi connectivity index (χ2v) is 8.24. The second-order valence-electron chi connectivity index (χ2n) is 8.24. The molecule has 1 atom stereocenters. The van der Waals surface area contributed by atoms with Crippen molar-refractivity contribution in [1.82, 2.24) is 5.32 Å². The Labute approximate surface area is 179 Å². The van der Waals surface area contributed by atoms with Crippen LogP contribution in [0, 0.1) is 13.8 Å². The second kappa shape index (κ2) is 8.85. The molecule has 1 heterocycles. The average molecular weight is 400 g/mol. The predicted molar refractivity (Wildman–Crippen MR) is 121 cm³/mol. The molecule has 0 saturated carbocycles. The number of nitrogens with one attached hydrogen (secondary N) is 1. The summed E-state index contributed by atoms with van der Waals surface area (Å²) in [7, 11) is 0. The zero-order valence-electron chi connectivity index (χ0n) is 17.7. The summed E-state index contributed by atoms with van der Waals surface area (Å²) in [6.45, 7) is 5.41. The molecule has 30 heavy (non-hydrogen) atoms. The van der Waals surface area contributed by atoms with Crippen LogP contribution in [0.1, 0.15) is 46.7 Å². The first kappa shape index (κ1) is 20.4. The zero-order valence-corrected chi connectivity index (χ0v) is 17.7. The maximum absolute atomic E-state index is 13.9. The van der Waals surface area contributed by atoms with E-state index >= 15 is 0 Å². The fourth-order valence-corrected chi connectivity index (χ4v) is 4.53. The van der Waals surface area contributed by atoms with Crippen molar-refractivity contribution in [3.8, 4) is 0 Å². The maximum atomic E-state index is 13.9. The highest BCUT2D eigenvalue weighted by Crippen LogP contribution is 2.37. The summed E-state index contributed by atoms with van der Waals surface area (Å²) in [5, 5.41) is 3.42. The summed E-state index contributed by atoms with van der Waals surface area (Å²) >= 11 is 0. The molecule has 1 N–H and O–H groups in total. The molecule has 3 aromatic rings. The Morgan fingerprint density at radius 3 is 2.17 bits per heavy atom. The number of benzene rings is 3. The van der Waals surface area contributed by atoms with E-state index in [2.05, 4.69) is 61.6 Å². The van der Waals surface area contributed by atoms with E-state index in [9.17, 15) is 4.79 Å². The van der Waals surface area contributed by atoms with E-state index in [1.54, 1.807) is 0 Å². The van der Waals surface area contributed by atoms with E-state index in [4.69, 9.17) is 4.74 Å². The van der Waals surface area contributed by atoms with Crippen molar-refractivity contribution in [2.45, 2.75) is 38.1 Å². The van der Waals surface area contributed by atoms with Gasteiger partial charge in [0.15, 0.2) is 0 Å². The highest BCUT2D eigenvalue weighted by atomic mass is 16.5. The Hall–Kier alpha value is -2.91. The summed E-state index contributed by atoms with van der Waals surface area (Å²) in [6.07, 6.45) is 1.38. The summed E-state index contributed by atoms with van der Waals surface area (Å²) in [5.74, 6) is 0.0748. The molecule has 3 nitrogen and oxygen atoms in total. The molecule has 1 amide bonds. The molecule has 0 radical (unpaired) electrons. The fraction of sp³-hybridized carbons (Fsp3) is 0.296. The molecule has 0 aliphatic carbocycles. The van der Waals surface area contributed by atoms with Crippen LogP contribution in [-0.4, -0.2) is 19.1 Å². The molecule has 154 valence electrons. The Morgan fingerprint density at radius 2 is 1.53 bits per heavy atom. The minimum atomic E-state index is -0.564. The quantitative estimate of drug-likeness (QED) is 0.636. The summed E-state index contributed by atoms with van der Waals surface area (Å²) < 4.78 is 5.62. The molecule has 3 heteroatoms. The Bertz CT molecular complexity index is 992. The van der Waals surface area contributed by atoms with Gasteiger partial charge < -0.3 is 10.1 Å². The first-order valence-electron chi connectivity index (χ1n) is 10.7. The van der Waals surface area contributed by atoms with Crippen molar-refractivity contribution in [2.24, 2.45) is 0 Å². The van der Waals surface area contributed by atoms with Crippen molar-refractivity contribution in [3.05, 3.63) is 107 Å². The normalized spacial score (nSPS) is 16.6. The van der Waals surface area contributed by atoms with Gasteiger partial charge in [-0.2, -0.15) is 0 Å². The predicted octanol–water partition coefficient (Wildman–Crippen LogP) is 5.26. The van der Waals surface area contributed by atoms with Gasteiger partial charge in [0.05, 0.1) is 11.5 Å². The van der Waals surface area contributed by atoms with E-state index in [0.717, 1.165) is 16.7 Å². The Balaban J connectivity index is 1.74. The minimum absolute atomic E-state index is 0.0748. The van der Waals surface area contributed by atoms with Crippen LogP contribution in [0.15, 0.2) is 78.9 Å². The topological polar surface area (TPSA) is 38.3 Å². The number of rotatable bonds is 5. The number of amides is 1. The van der Waals surface area contributed by atoms with Gasteiger partial charge in [-0.3, -0.25) is 4.79 Å². The number of ether oxygens (including phenoxy) is 1. The summed E-state index contributed by atoms with van der Waals surface area (Å²) in [6, 6.07) is 26.6. The standard InChI is InChI=1S/C27H29NO2/c1-20-13-14-24(21(2)19-20)25(22-9-5-3-6-10-22)28-26(29)27(15-17-30-18-16-27)23-11-7-4-8-12-23/h3-14,19,25H,15-18H2,1-2H3,(H,28,29). The largest absolute Gasteiger partial charge is 0.381 e. The molecule has 0 aromatic heterocycles. The third-order valence-electron chi connectivity index (χ3n) is 6.25. The van der Waals surface area contributed by atoms with Crippen molar-refractivity contribution < 1.29 is 9.53 Å². The minimum Gasteiger partial charge on any atom is -0.381 e. The van der Waals surface area contributed by atoms with Crippen LogP contribution >= 0.6 is 0 Å². The number of hydrogen-bond donors (Lipinski definition) is 1. The highest BCUT2D eigenvalue weighted by Gasteiger charge is 2.42. The molecular formula is C27H29NO2. The maximum Gasteiger partial charge on any atom is 0.231 e. The van der Waals surface area contributed by atoms with Crippen molar-refractivity contribution in [3.63, 3.8) is 0 Å². The van der Waals surface area contributed by atoms with Crippen molar-refractivity contribution >= 4 is 5.91 Å². The molecular weight excluding hydrogens is 370 g/mol. The summed E-state index contributed by atoms with van der Waals surface area (Å²) in [5.41, 5.74) is 5.14. The first-order chi connectivity index (χ1) is 14.6. The van der Waals surface area contributed by atoms with Gasteiger partial charge in [0.1, 0.15) is 0 Å². The van der Waals surface area contributed by atoms with Crippen LogP contribution in [0.4, 0.5) is 0 Å². The van der Waals surface area contributed by atoms with Gasteiger partial charge >= 0.3 is 0 Å². The number of carbonyl (C=O) groups is 1. The molecule has 1 aliphatic rings. The number of carbonyl (C=O) groups excluding carboxylic acids is 1. The monoisotopic (exact) mass is 399 g/mol. The van der Waals surface area contributed by atoms with E-state index in [1.165, 1.54) is 11.1 Å².